The highest BCUT2D eigenvalue weighted by molar-refractivity contribution is 7.92. The molecule has 0 radical (unpaired) electrons. The average molecular weight is 838 g/mol. The van der Waals surface area contributed by atoms with Crippen LogP contribution in [0, 0.1) is 11.8 Å². The molecule has 8 heteroatoms. The number of carbonyl (C=O) groups is 1. The van der Waals surface area contributed by atoms with Gasteiger partial charge in [-0.25, -0.2) is 4.79 Å². The Balaban J connectivity index is 1.11. The summed E-state index contributed by atoms with van der Waals surface area (Å²) in [5, 5.41) is 4.50. The number of pyridine rings is 1. The molecule has 5 rings (SSSR count). The van der Waals surface area contributed by atoms with E-state index in [0.29, 0.717) is 17.7 Å². The minimum atomic E-state index is -0.667. The molecule has 336 valence electrons. The van der Waals surface area contributed by atoms with Crippen molar-refractivity contribution in [3.8, 4) is 5.75 Å². The van der Waals surface area contributed by atoms with E-state index in [1.54, 1.807) is 7.11 Å². The number of alkyl carbamates (subject to hydrolysis) is 1. The number of aromatic nitrogens is 1. The first-order valence-corrected chi connectivity index (χ1v) is 26.3. The van der Waals surface area contributed by atoms with Crippen molar-refractivity contribution in [3.63, 3.8) is 0 Å². The Morgan fingerprint density at radius 3 is 1.98 bits per heavy atom. The number of nitrogens with one attached hydrogen (secondary N) is 1. The van der Waals surface area contributed by atoms with Gasteiger partial charge in [0.1, 0.15) is 22.9 Å². The Labute approximate surface area is 364 Å². The summed E-state index contributed by atoms with van der Waals surface area (Å²) in [6.45, 7) is 9.66. The molecule has 59 heavy (non-hydrogen) atoms. The van der Waals surface area contributed by atoms with Crippen molar-refractivity contribution in [1.82, 2.24) is 15.2 Å². The molecule has 0 saturated carbocycles. The van der Waals surface area contributed by atoms with Gasteiger partial charge in [-0.05, 0) is 100 Å². The molecule has 2 aromatic rings. The monoisotopic (exact) mass is 838 g/mol. The molecule has 0 aliphatic carbocycles. The Morgan fingerprint density at radius 1 is 0.814 bits per heavy atom. The molecule has 1 aromatic heterocycles. The van der Waals surface area contributed by atoms with Crippen LogP contribution >= 0.6 is 0 Å². The van der Waals surface area contributed by atoms with Gasteiger partial charge in [0, 0.05) is 30.2 Å². The van der Waals surface area contributed by atoms with Crippen molar-refractivity contribution in [2.24, 2.45) is 11.8 Å². The molecular weight excluding hydrogens is 751 g/mol. The number of fused-ring (bicyclic) bond motifs is 4. The van der Waals surface area contributed by atoms with E-state index in [0.717, 1.165) is 85.5 Å². The van der Waals surface area contributed by atoms with Gasteiger partial charge in [0.2, 0.25) is 0 Å². The summed E-state index contributed by atoms with van der Waals surface area (Å²) in [6.07, 6.45) is 36.4. The number of nitrogens with zero attached hydrogens (tertiary/aromatic N) is 2. The van der Waals surface area contributed by atoms with Gasteiger partial charge in [-0.3, -0.25) is 9.88 Å². The minimum Gasteiger partial charge on any atom is -0.616 e. The van der Waals surface area contributed by atoms with E-state index >= 15 is 0 Å². The molecule has 7 nitrogen and oxygen atoms in total. The largest absolute Gasteiger partial charge is 0.616 e. The third-order valence-corrected chi connectivity index (χ3v) is 15.7. The third-order valence-electron chi connectivity index (χ3n) is 13.8. The summed E-state index contributed by atoms with van der Waals surface area (Å²) in [7, 11) is 1.69. The van der Waals surface area contributed by atoms with E-state index in [4.69, 9.17) is 9.47 Å². The van der Waals surface area contributed by atoms with Gasteiger partial charge in [-0.15, -0.1) is 0 Å². The summed E-state index contributed by atoms with van der Waals surface area (Å²) < 4.78 is 25.4. The van der Waals surface area contributed by atoms with Crippen LogP contribution in [0.2, 0.25) is 0 Å². The van der Waals surface area contributed by atoms with Crippen molar-refractivity contribution < 1.29 is 18.8 Å². The van der Waals surface area contributed by atoms with Gasteiger partial charge in [0.25, 0.3) is 0 Å². The van der Waals surface area contributed by atoms with E-state index in [9.17, 15) is 9.35 Å². The number of benzene rings is 1. The van der Waals surface area contributed by atoms with E-state index in [2.05, 4.69) is 36.0 Å². The van der Waals surface area contributed by atoms with E-state index in [1.807, 2.05) is 30.5 Å². The van der Waals surface area contributed by atoms with Gasteiger partial charge in [0.15, 0.2) is 0 Å². The molecule has 7 atom stereocenters. The molecule has 0 spiro atoms. The number of carbonyl (C=O) groups excluding carboxylic acids is 1. The highest BCUT2D eigenvalue weighted by Crippen LogP contribution is 2.44. The Hall–Kier alpha value is -2.03. The first kappa shape index (κ1) is 49.6. The average Bonchev–Trinajstić information content (AvgIpc) is 3.26. The summed E-state index contributed by atoms with van der Waals surface area (Å²) in [5.41, 5.74) is 1.91. The Bertz CT molecular complexity index is 1390. The predicted octanol–water partition coefficient (Wildman–Crippen LogP) is 14.0. The maximum Gasteiger partial charge on any atom is 0.407 e. The van der Waals surface area contributed by atoms with Crippen LogP contribution in [0.1, 0.15) is 212 Å². The van der Waals surface area contributed by atoms with Crippen LogP contribution in [-0.4, -0.2) is 64.3 Å². The van der Waals surface area contributed by atoms with E-state index in [1.165, 1.54) is 141 Å². The van der Waals surface area contributed by atoms with E-state index < -0.39 is 11.2 Å². The predicted molar refractivity (Wildman–Crippen MR) is 251 cm³/mol. The van der Waals surface area contributed by atoms with Crippen LogP contribution in [-0.2, 0) is 15.9 Å². The lowest BCUT2D eigenvalue weighted by atomic mass is 9.72. The molecule has 1 aromatic carbocycles. The zero-order valence-corrected chi connectivity index (χ0v) is 39.2. The second-order valence-electron chi connectivity index (χ2n) is 18.3. The summed E-state index contributed by atoms with van der Waals surface area (Å²) in [4.78, 5) is 20.6. The highest BCUT2D eigenvalue weighted by Gasteiger charge is 2.44. The lowest BCUT2D eigenvalue weighted by Gasteiger charge is -2.51. The number of unbranched alkanes of at least 4 members (excludes halogenated alkanes) is 20. The lowest BCUT2D eigenvalue weighted by molar-refractivity contribution is -0.0604. The Kier molecular flexibility index (Phi) is 25.3. The molecule has 3 unspecified atom stereocenters. The number of methoxy groups -OCH3 is 1. The second-order valence-corrected chi connectivity index (χ2v) is 20.1. The van der Waals surface area contributed by atoms with Crippen LogP contribution in [0.15, 0.2) is 30.5 Å². The smallest absolute Gasteiger partial charge is 0.407 e. The van der Waals surface area contributed by atoms with Crippen molar-refractivity contribution >= 4 is 28.2 Å². The minimum absolute atomic E-state index is 0.164. The number of amides is 1. The normalized spacial score (nSPS) is 20.4. The molecule has 2 bridgehead atoms. The standard InChI is InChI=1S/C51H87N3O4S/c1-5-8-10-12-13-14-17-20-24-28-38-59(56)45(29-25-21-11-9-6-2)30-26-22-18-15-16-19-23-27-35-53-51(55)58-50(49-39-43-34-37-54(49)41-42(43)7-3)46-33-36-52-48-32-31-44(57-4)40-47(46)48/h31-33,36,40,42-43,45,49-50H,5-30,34-35,37-39,41H2,1-4H3,(H,53,55)/t42-,43-,45?,49-,50+,59?/m0/s1. The SMILES string of the molecule is CCCCCCCCCCCC[S+]([O-])C(CCCCCCC)CCCCCCCCCCNC(=O)O[C@H](c1ccnc2ccc(OC)cc12)[C@@H]1C[C@@H]2CCN1C[C@@H]2CC. The van der Waals surface area contributed by atoms with Gasteiger partial charge in [-0.1, -0.05) is 154 Å². The maximum atomic E-state index is 13.4. The highest BCUT2D eigenvalue weighted by atomic mass is 32.2. The van der Waals surface area contributed by atoms with Crippen molar-refractivity contribution in [2.45, 2.75) is 218 Å². The zero-order chi connectivity index (χ0) is 41.9. The van der Waals surface area contributed by atoms with Gasteiger partial charge in [-0.2, -0.15) is 0 Å². The first-order valence-electron chi connectivity index (χ1n) is 25.0. The molecule has 4 heterocycles. The van der Waals surface area contributed by atoms with Gasteiger partial charge < -0.3 is 19.3 Å². The topological polar surface area (TPSA) is 86.8 Å². The number of piperidine rings is 3. The molecule has 1 amide bonds. The summed E-state index contributed by atoms with van der Waals surface area (Å²) >= 11 is -0.667. The Morgan fingerprint density at radius 2 is 1.41 bits per heavy atom. The number of ether oxygens (including phenoxy) is 2. The van der Waals surface area contributed by atoms with Crippen LogP contribution in [0.5, 0.6) is 5.75 Å². The second kappa shape index (κ2) is 30.1. The van der Waals surface area contributed by atoms with Gasteiger partial charge in [0.05, 0.1) is 18.7 Å². The number of rotatable bonds is 34. The number of hydrogen-bond acceptors (Lipinski definition) is 6. The fourth-order valence-corrected chi connectivity index (χ4v) is 11.7. The molecule has 3 aliphatic heterocycles. The van der Waals surface area contributed by atoms with Crippen molar-refractivity contribution in [3.05, 3.63) is 36.0 Å². The fourth-order valence-electron chi connectivity index (χ4n) is 10.0. The van der Waals surface area contributed by atoms with Crippen LogP contribution in [0.4, 0.5) is 4.79 Å². The summed E-state index contributed by atoms with van der Waals surface area (Å²) in [5.74, 6) is 3.11. The molecule has 3 fully saturated rings. The first-order chi connectivity index (χ1) is 29.0. The van der Waals surface area contributed by atoms with Crippen LogP contribution < -0.4 is 10.1 Å². The van der Waals surface area contributed by atoms with E-state index in [-0.39, 0.29) is 18.2 Å². The lowest BCUT2D eigenvalue weighted by Crippen LogP contribution is -2.56. The van der Waals surface area contributed by atoms with Crippen molar-refractivity contribution in [1.29, 1.82) is 0 Å². The van der Waals surface area contributed by atoms with Crippen LogP contribution in [0.25, 0.3) is 10.9 Å². The molecule has 3 saturated heterocycles. The zero-order valence-electron chi connectivity index (χ0n) is 38.3. The molecular formula is C51H87N3O4S. The summed E-state index contributed by atoms with van der Waals surface area (Å²) in [6, 6.07) is 8.17. The third kappa shape index (κ3) is 18.1. The molecule has 1 N–H and O–H groups in total. The molecule has 3 aliphatic rings. The fraction of sp³-hybridized carbons (Fsp3) is 0.804. The maximum absolute atomic E-state index is 13.4. The van der Waals surface area contributed by atoms with Gasteiger partial charge >= 0.3 is 6.09 Å². The number of hydrogen-bond donors (Lipinski definition) is 1. The van der Waals surface area contributed by atoms with Crippen molar-refractivity contribution in [2.75, 3.05) is 32.5 Å². The van der Waals surface area contributed by atoms with Crippen LogP contribution in [0.3, 0.4) is 0 Å². The quantitative estimate of drug-likeness (QED) is 0.0558.